The molecule has 0 saturated carbocycles. The second kappa shape index (κ2) is 6.52. The first-order chi connectivity index (χ1) is 8.29. The first kappa shape index (κ1) is 15.4. The van der Waals surface area contributed by atoms with Crippen LogP contribution >= 0.6 is 0 Å². The molecule has 0 radical (unpaired) electrons. The molecule has 0 aromatic carbocycles. The Hall–Kier alpha value is -0.620. The third kappa shape index (κ3) is 5.35. The molecule has 1 aliphatic rings. The Bertz CT molecular complexity index is 371. The summed E-state index contributed by atoms with van der Waals surface area (Å²) in [7, 11) is -3.08. The van der Waals surface area contributed by atoms with Crippen LogP contribution in [-0.4, -0.2) is 44.0 Å². The van der Waals surface area contributed by atoms with Gasteiger partial charge in [-0.25, -0.2) is 12.7 Å². The molecule has 0 bridgehead atoms. The van der Waals surface area contributed by atoms with Gasteiger partial charge in [-0.15, -0.1) is 0 Å². The van der Waals surface area contributed by atoms with Crippen LogP contribution in [0.15, 0.2) is 0 Å². The summed E-state index contributed by atoms with van der Waals surface area (Å²) in [5, 5.41) is 2.99. The van der Waals surface area contributed by atoms with Gasteiger partial charge in [0.15, 0.2) is 0 Å². The van der Waals surface area contributed by atoms with Gasteiger partial charge in [-0.3, -0.25) is 4.79 Å². The van der Waals surface area contributed by atoms with E-state index in [0.29, 0.717) is 38.3 Å². The molecule has 1 N–H and O–H groups in total. The van der Waals surface area contributed by atoms with Crippen molar-refractivity contribution in [2.45, 2.75) is 45.6 Å². The van der Waals surface area contributed by atoms with Gasteiger partial charge < -0.3 is 5.32 Å². The number of carbonyl (C=O) groups is 1. The van der Waals surface area contributed by atoms with E-state index in [1.807, 2.05) is 0 Å². The number of hydrogen-bond donors (Lipinski definition) is 1. The van der Waals surface area contributed by atoms with E-state index in [1.54, 1.807) is 0 Å². The van der Waals surface area contributed by atoms with E-state index in [2.05, 4.69) is 19.2 Å². The van der Waals surface area contributed by atoms with Crippen molar-refractivity contribution in [2.24, 2.45) is 5.92 Å². The second-order valence-electron chi connectivity index (χ2n) is 5.44. The van der Waals surface area contributed by atoms with Crippen LogP contribution in [0.2, 0.25) is 0 Å². The summed E-state index contributed by atoms with van der Waals surface area (Å²) < 4.78 is 24.1. The summed E-state index contributed by atoms with van der Waals surface area (Å²) in [5.74, 6) is 0.615. The zero-order valence-corrected chi connectivity index (χ0v) is 12.3. The Morgan fingerprint density at radius 2 is 1.89 bits per heavy atom. The molecule has 1 saturated heterocycles. The van der Waals surface area contributed by atoms with Crippen molar-refractivity contribution in [3.05, 3.63) is 0 Å². The fourth-order valence-electron chi connectivity index (χ4n) is 2.05. The number of amides is 1. The summed E-state index contributed by atoms with van der Waals surface area (Å²) in [4.78, 5) is 11.7. The largest absolute Gasteiger partial charge is 0.353 e. The molecular weight excluding hydrogens is 252 g/mol. The van der Waals surface area contributed by atoms with Gasteiger partial charge >= 0.3 is 0 Å². The fraction of sp³-hybridized carbons (Fsp3) is 0.917. The van der Waals surface area contributed by atoms with Crippen LogP contribution in [0, 0.1) is 5.92 Å². The molecule has 0 atom stereocenters. The van der Waals surface area contributed by atoms with Gasteiger partial charge in [0, 0.05) is 25.6 Å². The van der Waals surface area contributed by atoms with E-state index < -0.39 is 10.0 Å². The first-order valence-electron chi connectivity index (χ1n) is 6.53. The van der Waals surface area contributed by atoms with Crippen molar-refractivity contribution >= 4 is 15.9 Å². The van der Waals surface area contributed by atoms with E-state index in [9.17, 15) is 13.2 Å². The smallest absolute Gasteiger partial charge is 0.220 e. The predicted octanol–water partition coefficient (Wildman–Crippen LogP) is 0.963. The quantitative estimate of drug-likeness (QED) is 0.813. The topological polar surface area (TPSA) is 66.5 Å². The molecule has 1 heterocycles. The third-order valence-electron chi connectivity index (χ3n) is 3.24. The summed E-state index contributed by atoms with van der Waals surface area (Å²) in [6.45, 7) is 5.21. The van der Waals surface area contributed by atoms with E-state index in [4.69, 9.17) is 0 Å². The Balaban J connectivity index is 2.29. The molecule has 1 aliphatic heterocycles. The highest BCUT2D eigenvalue weighted by Gasteiger charge is 2.25. The molecule has 18 heavy (non-hydrogen) atoms. The highest BCUT2D eigenvalue weighted by atomic mass is 32.2. The van der Waals surface area contributed by atoms with E-state index in [-0.39, 0.29) is 11.9 Å². The van der Waals surface area contributed by atoms with E-state index in [0.717, 1.165) is 6.42 Å². The van der Waals surface area contributed by atoms with Crippen molar-refractivity contribution in [1.82, 2.24) is 9.62 Å². The average Bonchev–Trinajstić information content (AvgIpc) is 2.26. The number of sulfonamides is 1. The van der Waals surface area contributed by atoms with Crippen LogP contribution < -0.4 is 5.32 Å². The molecule has 0 aliphatic carbocycles. The third-order valence-corrected chi connectivity index (χ3v) is 4.54. The molecule has 1 fully saturated rings. The predicted molar refractivity (Wildman–Crippen MR) is 71.7 cm³/mol. The molecule has 6 heteroatoms. The van der Waals surface area contributed by atoms with Crippen LogP contribution in [0.4, 0.5) is 0 Å². The number of hydrogen-bond acceptors (Lipinski definition) is 3. The Labute approximate surface area is 110 Å². The van der Waals surface area contributed by atoms with Crippen LogP contribution in [0.3, 0.4) is 0 Å². The number of rotatable bonds is 5. The van der Waals surface area contributed by atoms with Gasteiger partial charge in [-0.2, -0.15) is 0 Å². The molecule has 106 valence electrons. The zero-order valence-electron chi connectivity index (χ0n) is 11.5. The van der Waals surface area contributed by atoms with Gasteiger partial charge in [-0.05, 0) is 25.2 Å². The standard InChI is InChI=1S/C12H24N2O3S/c1-10(2)4-5-12(15)13-11-6-8-14(9-7-11)18(3,16)17/h10-11H,4-9H2,1-3H3,(H,13,15). The highest BCUT2D eigenvalue weighted by molar-refractivity contribution is 7.88. The molecule has 5 nitrogen and oxygen atoms in total. The van der Waals surface area contributed by atoms with E-state index in [1.165, 1.54) is 10.6 Å². The summed E-state index contributed by atoms with van der Waals surface area (Å²) in [6, 6.07) is 0.127. The lowest BCUT2D eigenvalue weighted by Gasteiger charge is -2.30. The minimum atomic E-state index is -3.08. The lowest BCUT2D eigenvalue weighted by molar-refractivity contribution is -0.122. The van der Waals surface area contributed by atoms with Crippen molar-refractivity contribution in [2.75, 3.05) is 19.3 Å². The molecule has 0 spiro atoms. The SMILES string of the molecule is CC(C)CCC(=O)NC1CCN(S(C)(=O)=O)CC1. The van der Waals surface area contributed by atoms with Crippen molar-refractivity contribution < 1.29 is 13.2 Å². The first-order valence-corrected chi connectivity index (χ1v) is 8.38. The number of carbonyl (C=O) groups excluding carboxylic acids is 1. The van der Waals surface area contributed by atoms with Gasteiger partial charge in [0.1, 0.15) is 0 Å². The average molecular weight is 276 g/mol. The number of piperidine rings is 1. The maximum atomic E-state index is 11.7. The molecular formula is C12H24N2O3S. The van der Waals surface area contributed by atoms with Gasteiger partial charge in [0.2, 0.25) is 15.9 Å². The van der Waals surface area contributed by atoms with Crippen LogP contribution in [0.5, 0.6) is 0 Å². The lowest BCUT2D eigenvalue weighted by atomic mass is 10.0. The number of nitrogens with zero attached hydrogens (tertiary/aromatic N) is 1. The Morgan fingerprint density at radius 1 is 1.33 bits per heavy atom. The molecule has 1 rings (SSSR count). The second-order valence-corrected chi connectivity index (χ2v) is 7.42. The Morgan fingerprint density at radius 3 is 2.33 bits per heavy atom. The van der Waals surface area contributed by atoms with Crippen LogP contribution in [0.1, 0.15) is 39.5 Å². The van der Waals surface area contributed by atoms with Gasteiger partial charge in [0.25, 0.3) is 0 Å². The maximum Gasteiger partial charge on any atom is 0.220 e. The molecule has 0 unspecified atom stereocenters. The highest BCUT2D eigenvalue weighted by Crippen LogP contribution is 2.13. The normalized spacial score (nSPS) is 19.1. The fourth-order valence-corrected chi connectivity index (χ4v) is 2.93. The van der Waals surface area contributed by atoms with Gasteiger partial charge in [-0.1, -0.05) is 13.8 Å². The van der Waals surface area contributed by atoms with Gasteiger partial charge in [0.05, 0.1) is 6.26 Å². The van der Waals surface area contributed by atoms with Crippen molar-refractivity contribution in [3.8, 4) is 0 Å². The van der Waals surface area contributed by atoms with Crippen molar-refractivity contribution in [3.63, 3.8) is 0 Å². The minimum Gasteiger partial charge on any atom is -0.353 e. The molecule has 0 aromatic heterocycles. The molecule has 0 aromatic rings. The number of nitrogens with one attached hydrogen (secondary N) is 1. The van der Waals surface area contributed by atoms with Crippen LogP contribution in [0.25, 0.3) is 0 Å². The summed E-state index contributed by atoms with van der Waals surface area (Å²) in [6.07, 6.45) is 4.10. The summed E-state index contributed by atoms with van der Waals surface area (Å²) >= 11 is 0. The van der Waals surface area contributed by atoms with Crippen molar-refractivity contribution in [1.29, 1.82) is 0 Å². The lowest BCUT2D eigenvalue weighted by Crippen LogP contribution is -2.46. The zero-order chi connectivity index (χ0) is 13.8. The monoisotopic (exact) mass is 276 g/mol. The molecule has 1 amide bonds. The maximum absolute atomic E-state index is 11.7. The van der Waals surface area contributed by atoms with E-state index >= 15 is 0 Å². The van der Waals surface area contributed by atoms with Crippen LogP contribution in [-0.2, 0) is 14.8 Å². The summed E-state index contributed by atoms with van der Waals surface area (Å²) in [5.41, 5.74) is 0. The minimum absolute atomic E-state index is 0.0847. The Kier molecular flexibility index (Phi) is 5.59.